The number of aryl methyl sites for hydroxylation is 1. The maximum Gasteiger partial charge on any atom is 0.229 e. The number of hydrogen-bond acceptors (Lipinski definition) is 6. The van der Waals surface area contributed by atoms with Crippen molar-refractivity contribution in [3.63, 3.8) is 0 Å². The van der Waals surface area contributed by atoms with E-state index in [-0.39, 0.29) is 11.6 Å². The number of anilines is 3. The van der Waals surface area contributed by atoms with Crippen LogP contribution < -0.4 is 10.2 Å². The molecule has 3 heterocycles. The van der Waals surface area contributed by atoms with Crippen LogP contribution in [0.2, 0.25) is 0 Å². The van der Waals surface area contributed by atoms with Gasteiger partial charge in [-0.3, -0.25) is 0 Å². The van der Waals surface area contributed by atoms with Gasteiger partial charge in [-0.25, -0.2) is 13.8 Å². The Bertz CT molecular complexity index is 782. The fraction of sp³-hybridized carbons (Fsp3) is 0.444. The third kappa shape index (κ3) is 3.34. The van der Waals surface area contributed by atoms with Crippen LogP contribution in [-0.2, 0) is 9.47 Å². The minimum absolute atomic E-state index is 0.164. The van der Waals surface area contributed by atoms with Crippen LogP contribution >= 0.6 is 0 Å². The van der Waals surface area contributed by atoms with Gasteiger partial charge in [-0.1, -0.05) is 6.07 Å². The summed E-state index contributed by atoms with van der Waals surface area (Å²) in [6.45, 7) is 4.54. The summed E-state index contributed by atoms with van der Waals surface area (Å²) in [4.78, 5) is 10.8. The van der Waals surface area contributed by atoms with E-state index in [1.54, 1.807) is 0 Å². The summed E-state index contributed by atoms with van der Waals surface area (Å²) in [5.74, 6) is -0.961. The van der Waals surface area contributed by atoms with Crippen LogP contribution in [0.5, 0.6) is 0 Å². The Kier molecular flexibility index (Phi) is 4.46. The Balaban J connectivity index is 1.53. The second-order valence-electron chi connectivity index (χ2n) is 6.51. The minimum atomic E-state index is -0.688. The summed E-state index contributed by atoms with van der Waals surface area (Å²) >= 11 is 0. The summed E-state index contributed by atoms with van der Waals surface area (Å²) in [5.41, 5.74) is 0.456. The molecule has 138 valence electrons. The van der Waals surface area contributed by atoms with Crippen LogP contribution in [0.4, 0.5) is 26.2 Å². The molecule has 26 heavy (non-hydrogen) atoms. The van der Waals surface area contributed by atoms with Crippen molar-refractivity contribution in [1.29, 1.82) is 0 Å². The number of benzene rings is 1. The summed E-state index contributed by atoms with van der Waals surface area (Å²) in [5, 5.41) is 2.66. The first-order valence-electron chi connectivity index (χ1n) is 8.64. The molecule has 1 aromatic heterocycles. The second kappa shape index (κ2) is 6.77. The predicted molar refractivity (Wildman–Crippen MR) is 92.5 cm³/mol. The highest BCUT2D eigenvalue weighted by molar-refractivity contribution is 5.57. The molecule has 0 bridgehead atoms. The molecule has 0 unspecified atom stereocenters. The molecule has 2 aromatic rings. The molecule has 6 nitrogen and oxygen atoms in total. The van der Waals surface area contributed by atoms with Crippen LogP contribution in [-0.4, -0.2) is 42.1 Å². The molecule has 0 amide bonds. The molecule has 0 radical (unpaired) electrons. The fourth-order valence-electron chi connectivity index (χ4n) is 3.36. The summed E-state index contributed by atoms with van der Waals surface area (Å²) in [6.07, 6.45) is 1.50. The molecule has 0 atom stereocenters. The number of aromatic nitrogens is 2. The van der Waals surface area contributed by atoms with Gasteiger partial charge in [0.2, 0.25) is 5.95 Å². The van der Waals surface area contributed by atoms with Crippen molar-refractivity contribution < 1.29 is 18.3 Å². The number of rotatable bonds is 3. The maximum absolute atomic E-state index is 13.9. The average Bonchev–Trinajstić information content (AvgIpc) is 3.06. The van der Waals surface area contributed by atoms with Gasteiger partial charge in [0.15, 0.2) is 5.79 Å². The molecule has 8 heteroatoms. The van der Waals surface area contributed by atoms with E-state index in [0.717, 1.165) is 25.9 Å². The second-order valence-corrected chi connectivity index (χ2v) is 6.51. The van der Waals surface area contributed by atoms with Gasteiger partial charge in [0.1, 0.15) is 23.1 Å². The van der Waals surface area contributed by atoms with Crippen molar-refractivity contribution in [1.82, 2.24) is 9.97 Å². The van der Waals surface area contributed by atoms with E-state index in [4.69, 9.17) is 9.47 Å². The number of nitrogens with zero attached hydrogens (tertiary/aromatic N) is 3. The Hall–Kier alpha value is -2.32. The van der Waals surface area contributed by atoms with Crippen LogP contribution in [0.25, 0.3) is 0 Å². The first-order valence-corrected chi connectivity index (χ1v) is 8.64. The van der Waals surface area contributed by atoms with Crippen molar-refractivity contribution in [2.75, 3.05) is 36.5 Å². The van der Waals surface area contributed by atoms with E-state index >= 15 is 0 Å². The molecule has 1 aromatic carbocycles. The molecule has 2 fully saturated rings. The zero-order valence-electron chi connectivity index (χ0n) is 14.5. The summed E-state index contributed by atoms with van der Waals surface area (Å²) < 4.78 is 39.2. The lowest BCUT2D eigenvalue weighted by Crippen LogP contribution is -2.45. The summed E-state index contributed by atoms with van der Waals surface area (Å²) in [6, 6.07) is 5.55. The Labute approximate surface area is 150 Å². The predicted octanol–water partition coefficient (Wildman–Crippen LogP) is 3.15. The molecule has 2 aliphatic heterocycles. The normalized spacial score (nSPS) is 19.1. The Morgan fingerprint density at radius 3 is 2.38 bits per heavy atom. The first-order chi connectivity index (χ1) is 12.5. The molecule has 0 aliphatic carbocycles. The standard InChI is InChI=1S/C18H20F2N4O2/c1-12-11-15(24-7-5-18(6-8-24)25-9-10-26-18)22-17(21-12)23-16-13(19)3-2-4-14(16)20/h2-4,11H,5-10H2,1H3,(H,21,22,23). The zero-order valence-corrected chi connectivity index (χ0v) is 14.5. The fourth-order valence-corrected chi connectivity index (χ4v) is 3.36. The monoisotopic (exact) mass is 362 g/mol. The zero-order chi connectivity index (χ0) is 18.1. The maximum atomic E-state index is 13.9. The Morgan fingerprint density at radius 1 is 1.08 bits per heavy atom. The van der Waals surface area contributed by atoms with Crippen molar-refractivity contribution in [2.45, 2.75) is 25.6 Å². The van der Waals surface area contributed by atoms with Gasteiger partial charge in [-0.05, 0) is 19.1 Å². The molecule has 2 saturated heterocycles. The number of piperidine rings is 1. The van der Waals surface area contributed by atoms with E-state index < -0.39 is 17.4 Å². The van der Waals surface area contributed by atoms with Crippen molar-refractivity contribution in [3.05, 3.63) is 41.6 Å². The smallest absolute Gasteiger partial charge is 0.229 e. The quantitative estimate of drug-likeness (QED) is 0.905. The largest absolute Gasteiger partial charge is 0.356 e. The van der Waals surface area contributed by atoms with E-state index in [9.17, 15) is 8.78 Å². The SMILES string of the molecule is Cc1cc(N2CCC3(CC2)OCCO3)nc(Nc2c(F)cccc2F)n1. The number of halogens is 2. The van der Waals surface area contributed by atoms with Crippen LogP contribution in [0.1, 0.15) is 18.5 Å². The highest BCUT2D eigenvalue weighted by atomic mass is 19.1. The van der Waals surface area contributed by atoms with E-state index in [1.165, 1.54) is 18.2 Å². The van der Waals surface area contributed by atoms with Gasteiger partial charge >= 0.3 is 0 Å². The van der Waals surface area contributed by atoms with Gasteiger partial charge in [-0.2, -0.15) is 4.98 Å². The number of ether oxygens (including phenoxy) is 2. The lowest BCUT2D eigenvalue weighted by molar-refractivity contribution is -0.169. The summed E-state index contributed by atoms with van der Waals surface area (Å²) in [7, 11) is 0. The molecule has 4 rings (SSSR count). The van der Waals surface area contributed by atoms with Gasteiger partial charge < -0.3 is 19.7 Å². The number of hydrogen-bond donors (Lipinski definition) is 1. The molecule has 1 N–H and O–H groups in total. The topological polar surface area (TPSA) is 59.5 Å². The van der Waals surface area contributed by atoms with Crippen LogP contribution in [0, 0.1) is 18.6 Å². The minimum Gasteiger partial charge on any atom is -0.356 e. The van der Waals surface area contributed by atoms with E-state index in [2.05, 4.69) is 20.2 Å². The third-order valence-corrected chi connectivity index (χ3v) is 4.70. The van der Waals surface area contributed by atoms with E-state index in [0.29, 0.717) is 24.7 Å². The van der Waals surface area contributed by atoms with Crippen molar-refractivity contribution >= 4 is 17.5 Å². The molecule has 0 saturated carbocycles. The van der Waals surface area contributed by atoms with Crippen molar-refractivity contribution in [3.8, 4) is 0 Å². The average molecular weight is 362 g/mol. The van der Waals surface area contributed by atoms with Gasteiger partial charge in [0, 0.05) is 37.7 Å². The lowest BCUT2D eigenvalue weighted by atomic mass is 10.0. The highest BCUT2D eigenvalue weighted by Gasteiger charge is 2.40. The molecule has 1 spiro atoms. The van der Waals surface area contributed by atoms with E-state index in [1.807, 2.05) is 13.0 Å². The van der Waals surface area contributed by atoms with Gasteiger partial charge in [0.05, 0.1) is 13.2 Å². The molecular formula is C18H20F2N4O2. The van der Waals surface area contributed by atoms with Gasteiger partial charge in [0.25, 0.3) is 0 Å². The first kappa shape index (κ1) is 17.1. The third-order valence-electron chi connectivity index (χ3n) is 4.70. The van der Waals surface area contributed by atoms with Crippen LogP contribution in [0.3, 0.4) is 0 Å². The van der Waals surface area contributed by atoms with Crippen molar-refractivity contribution in [2.24, 2.45) is 0 Å². The highest BCUT2D eigenvalue weighted by Crippen LogP contribution is 2.33. The van der Waals surface area contributed by atoms with Crippen LogP contribution in [0.15, 0.2) is 24.3 Å². The lowest BCUT2D eigenvalue weighted by Gasteiger charge is -2.38. The van der Waals surface area contributed by atoms with Gasteiger partial charge in [-0.15, -0.1) is 0 Å². The molecular weight excluding hydrogens is 342 g/mol. The number of para-hydroxylation sites is 1. The molecule has 2 aliphatic rings. The Morgan fingerprint density at radius 2 is 1.73 bits per heavy atom. The number of nitrogens with one attached hydrogen (secondary N) is 1.